The number of nitrogens with one attached hydrogen (secondary N) is 1. The van der Waals surface area contributed by atoms with Gasteiger partial charge < -0.3 is 5.32 Å². The standard InChI is InChI=1S/C14H18N2S/c1-3-14-16-10-13(17-14)9-15-8-12-6-4-5-11(2)7-12/h4-7,10,15H,3,8-9H2,1-2H3. The average molecular weight is 246 g/mol. The molecular formula is C14H18N2S. The van der Waals surface area contributed by atoms with Crippen LogP contribution in [0.4, 0.5) is 0 Å². The lowest BCUT2D eigenvalue weighted by Gasteiger charge is -2.03. The monoisotopic (exact) mass is 246 g/mol. The molecule has 0 saturated carbocycles. The first-order valence-electron chi connectivity index (χ1n) is 5.97. The summed E-state index contributed by atoms with van der Waals surface area (Å²) in [5.41, 5.74) is 2.65. The van der Waals surface area contributed by atoms with E-state index in [1.165, 1.54) is 21.0 Å². The highest BCUT2D eigenvalue weighted by molar-refractivity contribution is 7.11. The summed E-state index contributed by atoms with van der Waals surface area (Å²) < 4.78 is 0. The van der Waals surface area contributed by atoms with Crippen LogP contribution in [0.3, 0.4) is 0 Å². The van der Waals surface area contributed by atoms with Gasteiger partial charge in [0.2, 0.25) is 0 Å². The summed E-state index contributed by atoms with van der Waals surface area (Å²) in [5.74, 6) is 0. The first-order valence-corrected chi connectivity index (χ1v) is 6.79. The molecule has 0 radical (unpaired) electrons. The maximum atomic E-state index is 4.35. The molecule has 0 fully saturated rings. The molecule has 0 unspecified atom stereocenters. The zero-order valence-corrected chi connectivity index (χ0v) is 11.2. The largest absolute Gasteiger partial charge is 0.308 e. The number of aryl methyl sites for hydroxylation is 2. The van der Waals surface area contributed by atoms with Crippen LogP contribution in [0.1, 0.15) is 27.9 Å². The molecule has 0 aliphatic heterocycles. The Hall–Kier alpha value is -1.19. The first-order chi connectivity index (χ1) is 8.28. The van der Waals surface area contributed by atoms with Crippen molar-refractivity contribution in [3.05, 3.63) is 51.5 Å². The molecule has 0 atom stereocenters. The highest BCUT2D eigenvalue weighted by Crippen LogP contribution is 2.13. The minimum atomic E-state index is 0.908. The second-order valence-corrected chi connectivity index (χ2v) is 5.37. The Labute approximate surface area is 107 Å². The molecule has 1 N–H and O–H groups in total. The Balaban J connectivity index is 1.83. The van der Waals surface area contributed by atoms with Gasteiger partial charge in [0.15, 0.2) is 0 Å². The SMILES string of the molecule is CCc1ncc(CNCc2cccc(C)c2)s1. The van der Waals surface area contributed by atoms with Crippen LogP contribution in [0.15, 0.2) is 30.5 Å². The van der Waals surface area contributed by atoms with Gasteiger partial charge in [0.1, 0.15) is 0 Å². The predicted molar refractivity (Wildman–Crippen MR) is 73.2 cm³/mol. The van der Waals surface area contributed by atoms with Crippen LogP contribution in [0.5, 0.6) is 0 Å². The van der Waals surface area contributed by atoms with Gasteiger partial charge in [-0.1, -0.05) is 36.8 Å². The van der Waals surface area contributed by atoms with Gasteiger partial charge in [-0.2, -0.15) is 0 Å². The fourth-order valence-electron chi connectivity index (χ4n) is 1.75. The lowest BCUT2D eigenvalue weighted by atomic mass is 10.1. The molecule has 2 rings (SSSR count). The van der Waals surface area contributed by atoms with Crippen LogP contribution in [0.2, 0.25) is 0 Å². The number of aromatic nitrogens is 1. The van der Waals surface area contributed by atoms with Crippen molar-refractivity contribution in [1.29, 1.82) is 0 Å². The third kappa shape index (κ3) is 3.65. The number of rotatable bonds is 5. The normalized spacial score (nSPS) is 10.7. The van der Waals surface area contributed by atoms with Gasteiger partial charge in [-0.05, 0) is 18.9 Å². The molecule has 2 aromatic rings. The van der Waals surface area contributed by atoms with Gasteiger partial charge in [-0.15, -0.1) is 11.3 Å². The summed E-state index contributed by atoms with van der Waals surface area (Å²) in [6.45, 7) is 6.09. The van der Waals surface area contributed by atoms with E-state index in [9.17, 15) is 0 Å². The van der Waals surface area contributed by atoms with Gasteiger partial charge in [0, 0.05) is 24.2 Å². The van der Waals surface area contributed by atoms with Crippen molar-refractivity contribution in [1.82, 2.24) is 10.3 Å². The van der Waals surface area contributed by atoms with Crippen LogP contribution < -0.4 is 5.32 Å². The quantitative estimate of drug-likeness (QED) is 0.875. The van der Waals surface area contributed by atoms with Gasteiger partial charge in [0.25, 0.3) is 0 Å². The molecule has 0 aliphatic carbocycles. The number of nitrogens with zero attached hydrogens (tertiary/aromatic N) is 1. The van der Waals surface area contributed by atoms with E-state index in [0.717, 1.165) is 19.5 Å². The highest BCUT2D eigenvalue weighted by Gasteiger charge is 1.99. The third-order valence-electron chi connectivity index (χ3n) is 2.61. The Morgan fingerprint density at radius 2 is 2.18 bits per heavy atom. The van der Waals surface area contributed by atoms with E-state index in [2.05, 4.69) is 48.4 Å². The summed E-state index contributed by atoms with van der Waals surface area (Å²) in [5, 5.41) is 4.67. The highest BCUT2D eigenvalue weighted by atomic mass is 32.1. The average Bonchev–Trinajstić information content (AvgIpc) is 2.77. The molecule has 1 aromatic carbocycles. The lowest BCUT2D eigenvalue weighted by Crippen LogP contribution is -2.11. The maximum absolute atomic E-state index is 4.35. The van der Waals surface area contributed by atoms with Crippen LogP contribution >= 0.6 is 11.3 Å². The van der Waals surface area contributed by atoms with Crippen molar-refractivity contribution in [2.45, 2.75) is 33.4 Å². The molecule has 0 bridgehead atoms. The molecule has 17 heavy (non-hydrogen) atoms. The van der Waals surface area contributed by atoms with Gasteiger partial charge in [0.05, 0.1) is 5.01 Å². The van der Waals surface area contributed by atoms with E-state index >= 15 is 0 Å². The first kappa shape index (κ1) is 12.3. The zero-order chi connectivity index (χ0) is 12.1. The van der Waals surface area contributed by atoms with Crippen molar-refractivity contribution in [3.63, 3.8) is 0 Å². The number of hydrogen-bond acceptors (Lipinski definition) is 3. The number of hydrogen-bond donors (Lipinski definition) is 1. The van der Waals surface area contributed by atoms with Crippen molar-refractivity contribution >= 4 is 11.3 Å². The zero-order valence-electron chi connectivity index (χ0n) is 10.4. The van der Waals surface area contributed by atoms with Crippen LogP contribution in [0.25, 0.3) is 0 Å². The summed E-state index contributed by atoms with van der Waals surface area (Å²) in [6, 6.07) is 8.61. The molecule has 90 valence electrons. The molecule has 0 spiro atoms. The summed E-state index contributed by atoms with van der Waals surface area (Å²) in [4.78, 5) is 5.67. The van der Waals surface area contributed by atoms with E-state index in [1.807, 2.05) is 6.20 Å². The predicted octanol–water partition coefficient (Wildman–Crippen LogP) is 3.30. The Morgan fingerprint density at radius 1 is 1.29 bits per heavy atom. The smallest absolute Gasteiger partial charge is 0.0925 e. The van der Waals surface area contributed by atoms with E-state index in [-0.39, 0.29) is 0 Å². The Bertz CT molecular complexity index is 477. The second-order valence-electron chi connectivity index (χ2n) is 4.17. The molecular weight excluding hydrogens is 228 g/mol. The fraction of sp³-hybridized carbons (Fsp3) is 0.357. The van der Waals surface area contributed by atoms with Gasteiger partial charge in [-0.3, -0.25) is 0 Å². The third-order valence-corrected chi connectivity index (χ3v) is 3.76. The summed E-state index contributed by atoms with van der Waals surface area (Å²) in [6.07, 6.45) is 3.01. The Morgan fingerprint density at radius 3 is 2.88 bits per heavy atom. The van der Waals surface area contributed by atoms with Crippen molar-refractivity contribution < 1.29 is 0 Å². The van der Waals surface area contributed by atoms with Crippen molar-refractivity contribution in [2.24, 2.45) is 0 Å². The molecule has 1 heterocycles. The van der Waals surface area contributed by atoms with E-state index in [0.29, 0.717) is 0 Å². The lowest BCUT2D eigenvalue weighted by molar-refractivity contribution is 0.699. The summed E-state index contributed by atoms with van der Waals surface area (Å²) >= 11 is 1.80. The maximum Gasteiger partial charge on any atom is 0.0925 e. The van der Waals surface area contributed by atoms with E-state index < -0.39 is 0 Å². The van der Waals surface area contributed by atoms with Crippen LogP contribution in [-0.4, -0.2) is 4.98 Å². The topological polar surface area (TPSA) is 24.9 Å². The van der Waals surface area contributed by atoms with Gasteiger partial charge >= 0.3 is 0 Å². The van der Waals surface area contributed by atoms with Crippen LogP contribution in [0, 0.1) is 6.92 Å². The Kier molecular flexibility index (Phi) is 4.29. The molecule has 0 aliphatic rings. The molecule has 0 saturated heterocycles. The van der Waals surface area contributed by atoms with Crippen molar-refractivity contribution in [3.8, 4) is 0 Å². The van der Waals surface area contributed by atoms with Crippen LogP contribution in [-0.2, 0) is 19.5 Å². The minimum absolute atomic E-state index is 0.908. The summed E-state index contributed by atoms with van der Waals surface area (Å²) in [7, 11) is 0. The molecule has 0 amide bonds. The molecule has 1 aromatic heterocycles. The fourth-order valence-corrected chi connectivity index (χ4v) is 2.58. The second kappa shape index (κ2) is 5.94. The van der Waals surface area contributed by atoms with E-state index in [1.54, 1.807) is 11.3 Å². The van der Waals surface area contributed by atoms with E-state index in [4.69, 9.17) is 0 Å². The van der Waals surface area contributed by atoms with Crippen molar-refractivity contribution in [2.75, 3.05) is 0 Å². The number of benzene rings is 1. The minimum Gasteiger partial charge on any atom is -0.308 e. The van der Waals surface area contributed by atoms with Gasteiger partial charge in [-0.25, -0.2) is 4.98 Å². The molecule has 2 nitrogen and oxygen atoms in total. The number of thiazole rings is 1. The molecule has 3 heteroatoms.